The fraction of sp³-hybridized carbons (Fsp3) is 0.250. The van der Waals surface area contributed by atoms with Gasteiger partial charge in [-0.15, -0.1) is 0 Å². The number of carbonyl (C=O) groups excluding carboxylic acids is 1. The fourth-order valence-electron chi connectivity index (χ4n) is 3.00. The number of nitrogens with zero attached hydrogens (tertiary/aromatic N) is 2. The molecule has 1 heterocycles. The minimum atomic E-state index is -0.432. The van der Waals surface area contributed by atoms with E-state index in [2.05, 4.69) is 4.90 Å². The van der Waals surface area contributed by atoms with Gasteiger partial charge in [0.05, 0.1) is 17.8 Å². The topological polar surface area (TPSA) is 58.8 Å². The lowest BCUT2D eigenvalue weighted by atomic mass is 10.1. The summed E-state index contributed by atoms with van der Waals surface area (Å²) in [7, 11) is 1.56. The van der Waals surface area contributed by atoms with Gasteiger partial charge in [-0.05, 0) is 42.0 Å². The number of anilines is 2. The van der Waals surface area contributed by atoms with E-state index in [1.54, 1.807) is 48.4 Å². The normalized spacial score (nSPS) is 14.6. The Labute approximate surface area is 162 Å². The summed E-state index contributed by atoms with van der Waals surface area (Å²) in [5, 5.41) is 0.104. The van der Waals surface area contributed by atoms with E-state index in [1.807, 2.05) is 6.07 Å². The largest absolute Gasteiger partial charge is 0.495 e. The smallest absolute Gasteiger partial charge is 0.246 e. The quantitative estimate of drug-likeness (QED) is 0.643. The molecule has 7 heteroatoms. The van der Waals surface area contributed by atoms with Gasteiger partial charge in [-0.25, -0.2) is 4.39 Å². The first-order chi connectivity index (χ1) is 13.0. The van der Waals surface area contributed by atoms with Crippen molar-refractivity contribution in [3.8, 4) is 5.75 Å². The van der Waals surface area contributed by atoms with Gasteiger partial charge in [0.25, 0.3) is 0 Å². The maximum atomic E-state index is 13.3. The maximum absolute atomic E-state index is 13.3. The molecule has 1 amide bonds. The van der Waals surface area contributed by atoms with Crippen molar-refractivity contribution in [1.29, 1.82) is 0 Å². The van der Waals surface area contributed by atoms with Crippen LogP contribution in [-0.2, 0) is 4.79 Å². The molecule has 27 heavy (non-hydrogen) atoms. The van der Waals surface area contributed by atoms with Gasteiger partial charge in [0, 0.05) is 37.9 Å². The molecule has 2 N–H and O–H groups in total. The zero-order valence-electron chi connectivity index (χ0n) is 15.0. The summed E-state index contributed by atoms with van der Waals surface area (Å²) in [4.78, 5) is 16.3. The van der Waals surface area contributed by atoms with Gasteiger partial charge in [0.2, 0.25) is 5.91 Å². The predicted octanol–water partition coefficient (Wildman–Crippen LogP) is 3.43. The molecule has 0 aliphatic carbocycles. The summed E-state index contributed by atoms with van der Waals surface area (Å²) >= 11 is 5.85. The molecule has 0 atom stereocenters. The van der Waals surface area contributed by atoms with E-state index in [-0.39, 0.29) is 10.9 Å². The second-order valence-corrected chi connectivity index (χ2v) is 6.65. The molecule has 1 aliphatic rings. The highest BCUT2D eigenvalue weighted by molar-refractivity contribution is 6.31. The highest BCUT2D eigenvalue weighted by Gasteiger charge is 2.20. The number of halogens is 2. The molecule has 0 bridgehead atoms. The van der Waals surface area contributed by atoms with Crippen LogP contribution in [-0.4, -0.2) is 44.1 Å². The third-order valence-electron chi connectivity index (χ3n) is 4.53. The monoisotopic (exact) mass is 389 g/mol. The minimum Gasteiger partial charge on any atom is -0.495 e. The Hall–Kier alpha value is -2.73. The lowest BCUT2D eigenvalue weighted by Crippen LogP contribution is -2.48. The molecule has 1 fully saturated rings. The summed E-state index contributed by atoms with van der Waals surface area (Å²) in [5.41, 5.74) is 8.10. The van der Waals surface area contributed by atoms with Crippen molar-refractivity contribution in [3.05, 3.63) is 58.9 Å². The number of rotatable bonds is 4. The Morgan fingerprint density at radius 3 is 2.56 bits per heavy atom. The Morgan fingerprint density at radius 1 is 1.19 bits per heavy atom. The molecule has 0 spiro atoms. The molecule has 0 aromatic heterocycles. The molecule has 2 aromatic carbocycles. The maximum Gasteiger partial charge on any atom is 0.246 e. The van der Waals surface area contributed by atoms with Crippen LogP contribution in [0.1, 0.15) is 5.56 Å². The number of nitrogen functional groups attached to an aromatic ring is 1. The molecule has 1 saturated heterocycles. The minimum absolute atomic E-state index is 0.0545. The molecule has 0 saturated carbocycles. The number of ether oxygens (including phenoxy) is 1. The molecule has 2 aromatic rings. The first kappa shape index (κ1) is 19.0. The molecule has 0 unspecified atom stereocenters. The van der Waals surface area contributed by atoms with Crippen molar-refractivity contribution >= 4 is 35.0 Å². The van der Waals surface area contributed by atoms with Crippen molar-refractivity contribution in [2.45, 2.75) is 0 Å². The summed E-state index contributed by atoms with van der Waals surface area (Å²) in [6.07, 6.45) is 3.29. The lowest BCUT2D eigenvalue weighted by Gasteiger charge is -2.35. The number of nitrogens with two attached hydrogens (primary N) is 1. The van der Waals surface area contributed by atoms with Crippen molar-refractivity contribution in [2.24, 2.45) is 0 Å². The van der Waals surface area contributed by atoms with Gasteiger partial charge in [-0.1, -0.05) is 17.7 Å². The SMILES string of the molecule is COc1ccc(/C=C/C(=O)N2CCN(c3ccc(F)c(Cl)c3)CC2)cc1N. The zero-order chi connectivity index (χ0) is 19.4. The average molecular weight is 390 g/mol. The van der Waals surface area contributed by atoms with Gasteiger partial charge in [0.15, 0.2) is 0 Å². The van der Waals surface area contributed by atoms with E-state index in [0.717, 1.165) is 11.3 Å². The van der Waals surface area contributed by atoms with Crippen LogP contribution in [0.25, 0.3) is 6.08 Å². The summed E-state index contributed by atoms with van der Waals surface area (Å²) in [6.45, 7) is 2.50. The highest BCUT2D eigenvalue weighted by atomic mass is 35.5. The summed E-state index contributed by atoms with van der Waals surface area (Å²) in [6, 6.07) is 10.0. The van der Waals surface area contributed by atoms with Crippen molar-refractivity contribution < 1.29 is 13.9 Å². The Balaban J connectivity index is 1.58. The number of methoxy groups -OCH3 is 1. The van der Waals surface area contributed by atoms with Crippen molar-refractivity contribution in [2.75, 3.05) is 43.9 Å². The number of hydrogen-bond donors (Lipinski definition) is 1. The van der Waals surface area contributed by atoms with Gasteiger partial charge in [0.1, 0.15) is 11.6 Å². The first-order valence-electron chi connectivity index (χ1n) is 8.58. The number of carbonyl (C=O) groups is 1. The van der Waals surface area contributed by atoms with E-state index in [9.17, 15) is 9.18 Å². The van der Waals surface area contributed by atoms with Crippen LogP contribution in [0.4, 0.5) is 15.8 Å². The van der Waals surface area contributed by atoms with E-state index in [4.69, 9.17) is 22.1 Å². The van der Waals surface area contributed by atoms with Gasteiger partial charge in [-0.2, -0.15) is 0 Å². The molecular formula is C20H21ClFN3O2. The third kappa shape index (κ3) is 4.52. The lowest BCUT2D eigenvalue weighted by molar-refractivity contribution is -0.126. The van der Waals surface area contributed by atoms with Crippen LogP contribution in [0.2, 0.25) is 5.02 Å². The second kappa shape index (κ2) is 8.31. The molecule has 142 valence electrons. The predicted molar refractivity (Wildman–Crippen MR) is 107 cm³/mol. The zero-order valence-corrected chi connectivity index (χ0v) is 15.7. The number of amides is 1. The Morgan fingerprint density at radius 2 is 1.93 bits per heavy atom. The van der Waals surface area contributed by atoms with E-state index in [0.29, 0.717) is 37.6 Å². The molecule has 5 nitrogen and oxygen atoms in total. The van der Waals surface area contributed by atoms with Crippen LogP contribution in [0.3, 0.4) is 0 Å². The fourth-order valence-corrected chi connectivity index (χ4v) is 3.17. The van der Waals surface area contributed by atoms with Crippen molar-refractivity contribution in [1.82, 2.24) is 4.90 Å². The Bertz CT molecular complexity index is 864. The highest BCUT2D eigenvalue weighted by Crippen LogP contribution is 2.24. The number of hydrogen-bond acceptors (Lipinski definition) is 4. The average Bonchev–Trinajstić information content (AvgIpc) is 2.68. The van der Waals surface area contributed by atoms with Gasteiger partial charge >= 0.3 is 0 Å². The van der Waals surface area contributed by atoms with E-state index < -0.39 is 5.82 Å². The van der Waals surface area contributed by atoms with Crippen LogP contribution in [0.5, 0.6) is 5.75 Å². The first-order valence-corrected chi connectivity index (χ1v) is 8.96. The van der Waals surface area contributed by atoms with Gasteiger partial charge < -0.3 is 20.3 Å². The van der Waals surface area contributed by atoms with Crippen LogP contribution >= 0.6 is 11.6 Å². The van der Waals surface area contributed by atoms with Crippen LogP contribution in [0, 0.1) is 5.82 Å². The van der Waals surface area contributed by atoms with E-state index >= 15 is 0 Å². The summed E-state index contributed by atoms with van der Waals surface area (Å²) < 4.78 is 18.4. The molecule has 0 radical (unpaired) electrons. The van der Waals surface area contributed by atoms with Crippen molar-refractivity contribution in [3.63, 3.8) is 0 Å². The third-order valence-corrected chi connectivity index (χ3v) is 4.82. The molecular weight excluding hydrogens is 369 g/mol. The number of benzene rings is 2. The number of piperazine rings is 1. The molecule has 3 rings (SSSR count). The van der Waals surface area contributed by atoms with E-state index in [1.165, 1.54) is 6.07 Å². The van der Waals surface area contributed by atoms with Crippen LogP contribution < -0.4 is 15.4 Å². The summed E-state index contributed by atoms with van der Waals surface area (Å²) in [5.74, 6) is 0.121. The standard InChI is InChI=1S/C20H21ClFN3O2/c1-27-19-6-2-14(12-18(19)23)3-7-20(26)25-10-8-24(9-11-25)15-4-5-17(22)16(21)13-15/h2-7,12-13H,8-11,23H2,1H3/b7-3+. The van der Waals surface area contributed by atoms with Crippen LogP contribution in [0.15, 0.2) is 42.5 Å². The van der Waals surface area contributed by atoms with Gasteiger partial charge in [-0.3, -0.25) is 4.79 Å². The molecule has 1 aliphatic heterocycles. The second-order valence-electron chi connectivity index (χ2n) is 6.25. The Kier molecular flexibility index (Phi) is 5.86.